The molecular weight excluding hydrogens is 266 g/mol. The van der Waals surface area contributed by atoms with Crippen molar-refractivity contribution < 1.29 is 14.7 Å². The Hall–Kier alpha value is -1.32. The lowest BCUT2D eigenvalue weighted by Crippen LogP contribution is -2.39. The van der Waals surface area contributed by atoms with Crippen molar-refractivity contribution in [2.24, 2.45) is 17.8 Å². The SMILES string of the molecule is CC(C)CCCCCCNC(=O)C1CC=CCC1C(=O)O. The maximum Gasteiger partial charge on any atom is 0.307 e. The van der Waals surface area contributed by atoms with Gasteiger partial charge in [-0.25, -0.2) is 0 Å². The van der Waals surface area contributed by atoms with E-state index in [0.717, 1.165) is 18.8 Å². The minimum Gasteiger partial charge on any atom is -0.481 e. The molecule has 0 bridgehead atoms. The first-order valence-electron chi connectivity index (χ1n) is 8.18. The van der Waals surface area contributed by atoms with Gasteiger partial charge in [0.15, 0.2) is 0 Å². The van der Waals surface area contributed by atoms with Crippen LogP contribution in [0, 0.1) is 17.8 Å². The van der Waals surface area contributed by atoms with Crippen LogP contribution in [0.2, 0.25) is 0 Å². The van der Waals surface area contributed by atoms with E-state index < -0.39 is 17.8 Å². The van der Waals surface area contributed by atoms with Gasteiger partial charge in [-0.15, -0.1) is 0 Å². The lowest BCUT2D eigenvalue weighted by atomic mass is 9.82. The molecule has 2 unspecified atom stereocenters. The third-order valence-electron chi connectivity index (χ3n) is 4.09. The molecule has 120 valence electrons. The largest absolute Gasteiger partial charge is 0.481 e. The first kappa shape index (κ1) is 17.7. The monoisotopic (exact) mass is 295 g/mol. The maximum absolute atomic E-state index is 12.1. The molecule has 0 aromatic heterocycles. The van der Waals surface area contributed by atoms with Gasteiger partial charge >= 0.3 is 5.97 Å². The smallest absolute Gasteiger partial charge is 0.307 e. The number of carboxylic acid groups (broad SMARTS) is 1. The van der Waals surface area contributed by atoms with Crippen molar-refractivity contribution in [3.8, 4) is 0 Å². The van der Waals surface area contributed by atoms with E-state index in [9.17, 15) is 9.59 Å². The number of allylic oxidation sites excluding steroid dienone is 2. The number of aliphatic carboxylic acids is 1. The molecule has 0 saturated heterocycles. The highest BCUT2D eigenvalue weighted by Gasteiger charge is 2.33. The minimum absolute atomic E-state index is 0.103. The van der Waals surface area contributed by atoms with Gasteiger partial charge < -0.3 is 10.4 Å². The summed E-state index contributed by atoms with van der Waals surface area (Å²) in [7, 11) is 0. The van der Waals surface area contributed by atoms with Crippen LogP contribution in [0.15, 0.2) is 12.2 Å². The maximum atomic E-state index is 12.1. The highest BCUT2D eigenvalue weighted by atomic mass is 16.4. The van der Waals surface area contributed by atoms with Gasteiger partial charge in [-0.1, -0.05) is 51.7 Å². The van der Waals surface area contributed by atoms with Crippen LogP contribution in [-0.2, 0) is 9.59 Å². The van der Waals surface area contributed by atoms with Crippen LogP contribution in [0.3, 0.4) is 0 Å². The zero-order chi connectivity index (χ0) is 15.7. The Balaban J connectivity index is 2.18. The van der Waals surface area contributed by atoms with Crippen LogP contribution in [0.5, 0.6) is 0 Å². The third-order valence-corrected chi connectivity index (χ3v) is 4.09. The molecule has 0 aromatic rings. The standard InChI is InChI=1S/C17H29NO3/c1-13(2)9-5-3-4-8-12-18-16(19)14-10-6-7-11-15(14)17(20)21/h6-7,13-15H,3-5,8-12H2,1-2H3,(H,18,19)(H,20,21). The summed E-state index contributed by atoms with van der Waals surface area (Å²) in [4.78, 5) is 23.2. The Labute approximate surface area is 128 Å². The normalized spacial score (nSPS) is 21.5. The van der Waals surface area contributed by atoms with Crippen LogP contribution in [0.1, 0.15) is 58.8 Å². The van der Waals surface area contributed by atoms with Gasteiger partial charge in [-0.3, -0.25) is 9.59 Å². The molecule has 1 amide bonds. The number of rotatable bonds is 9. The van der Waals surface area contributed by atoms with Crippen molar-refractivity contribution in [3.63, 3.8) is 0 Å². The number of carbonyl (C=O) groups excluding carboxylic acids is 1. The molecule has 0 spiro atoms. The number of hydrogen-bond acceptors (Lipinski definition) is 2. The predicted octanol–water partition coefficient (Wildman–Crippen LogP) is 3.38. The van der Waals surface area contributed by atoms with Crippen molar-refractivity contribution in [1.82, 2.24) is 5.32 Å². The molecule has 0 aromatic carbocycles. The summed E-state index contributed by atoms with van der Waals surface area (Å²) < 4.78 is 0. The van der Waals surface area contributed by atoms with Gasteiger partial charge in [0.05, 0.1) is 11.8 Å². The van der Waals surface area contributed by atoms with Crippen molar-refractivity contribution in [2.75, 3.05) is 6.54 Å². The molecule has 0 radical (unpaired) electrons. The second-order valence-electron chi connectivity index (χ2n) is 6.38. The molecule has 2 atom stereocenters. The van der Waals surface area contributed by atoms with E-state index in [2.05, 4.69) is 19.2 Å². The molecule has 0 fully saturated rings. The molecule has 0 aliphatic heterocycles. The van der Waals surface area contributed by atoms with Crippen LogP contribution >= 0.6 is 0 Å². The highest BCUT2D eigenvalue weighted by molar-refractivity contribution is 5.85. The van der Waals surface area contributed by atoms with Gasteiger partial charge in [0, 0.05) is 6.54 Å². The predicted molar refractivity (Wildman–Crippen MR) is 83.9 cm³/mol. The first-order valence-corrected chi connectivity index (χ1v) is 8.18. The quantitative estimate of drug-likeness (QED) is 0.506. The van der Waals surface area contributed by atoms with Crippen LogP contribution in [0.4, 0.5) is 0 Å². The van der Waals surface area contributed by atoms with Gasteiger partial charge in [-0.2, -0.15) is 0 Å². The van der Waals surface area contributed by atoms with Gasteiger partial charge in [0.1, 0.15) is 0 Å². The fraction of sp³-hybridized carbons (Fsp3) is 0.765. The number of unbranched alkanes of at least 4 members (excludes halogenated alkanes) is 3. The van der Waals surface area contributed by atoms with Crippen molar-refractivity contribution >= 4 is 11.9 Å². The van der Waals surface area contributed by atoms with E-state index in [4.69, 9.17) is 5.11 Å². The van der Waals surface area contributed by atoms with Gasteiger partial charge in [0.2, 0.25) is 5.91 Å². The summed E-state index contributed by atoms with van der Waals surface area (Å²) in [5.41, 5.74) is 0. The van der Waals surface area contributed by atoms with E-state index in [-0.39, 0.29) is 5.91 Å². The zero-order valence-electron chi connectivity index (χ0n) is 13.3. The molecular formula is C17H29NO3. The number of amides is 1. The number of nitrogens with one attached hydrogen (secondary N) is 1. The fourth-order valence-electron chi connectivity index (χ4n) is 2.75. The second-order valence-corrected chi connectivity index (χ2v) is 6.38. The van der Waals surface area contributed by atoms with Crippen LogP contribution < -0.4 is 5.32 Å². The summed E-state index contributed by atoms with van der Waals surface area (Å²) in [6, 6.07) is 0. The second kappa shape index (κ2) is 9.59. The molecule has 0 heterocycles. The average molecular weight is 295 g/mol. The van der Waals surface area contributed by atoms with Crippen LogP contribution in [-0.4, -0.2) is 23.5 Å². The van der Waals surface area contributed by atoms with Gasteiger partial charge in [-0.05, 0) is 25.2 Å². The summed E-state index contributed by atoms with van der Waals surface area (Å²) in [6.45, 7) is 5.13. The molecule has 2 N–H and O–H groups in total. The van der Waals surface area contributed by atoms with Crippen molar-refractivity contribution in [1.29, 1.82) is 0 Å². The molecule has 1 rings (SSSR count). The molecule has 1 aliphatic carbocycles. The summed E-state index contributed by atoms with van der Waals surface area (Å²) in [5.74, 6) is -1.19. The van der Waals surface area contributed by atoms with Gasteiger partial charge in [0.25, 0.3) is 0 Å². The molecule has 4 nitrogen and oxygen atoms in total. The number of carbonyl (C=O) groups is 2. The van der Waals surface area contributed by atoms with E-state index >= 15 is 0 Å². The number of hydrogen-bond donors (Lipinski definition) is 2. The van der Waals surface area contributed by atoms with Crippen molar-refractivity contribution in [2.45, 2.75) is 58.8 Å². The molecule has 0 saturated carbocycles. The average Bonchev–Trinajstić information content (AvgIpc) is 2.45. The lowest BCUT2D eigenvalue weighted by Gasteiger charge is -2.24. The first-order chi connectivity index (χ1) is 10.0. The topological polar surface area (TPSA) is 66.4 Å². The zero-order valence-corrected chi connectivity index (χ0v) is 13.3. The molecule has 1 aliphatic rings. The number of carboxylic acids is 1. The molecule has 4 heteroatoms. The summed E-state index contributed by atoms with van der Waals surface area (Å²) in [5, 5.41) is 12.1. The molecule has 21 heavy (non-hydrogen) atoms. The lowest BCUT2D eigenvalue weighted by molar-refractivity contribution is -0.147. The highest BCUT2D eigenvalue weighted by Crippen LogP contribution is 2.26. The Morgan fingerprint density at radius 3 is 2.33 bits per heavy atom. The summed E-state index contributed by atoms with van der Waals surface area (Å²) in [6.07, 6.45) is 10.6. The minimum atomic E-state index is -0.867. The van der Waals surface area contributed by atoms with Crippen LogP contribution in [0.25, 0.3) is 0 Å². The Bertz CT molecular complexity index is 363. The Morgan fingerprint density at radius 2 is 1.71 bits per heavy atom. The Morgan fingerprint density at radius 1 is 1.10 bits per heavy atom. The summed E-state index contributed by atoms with van der Waals surface area (Å²) >= 11 is 0. The Kier molecular flexibility index (Phi) is 8.09. The van der Waals surface area contributed by atoms with E-state index in [1.165, 1.54) is 19.3 Å². The van der Waals surface area contributed by atoms with E-state index in [1.54, 1.807) is 0 Å². The van der Waals surface area contributed by atoms with E-state index in [0.29, 0.717) is 19.4 Å². The van der Waals surface area contributed by atoms with Crippen molar-refractivity contribution in [3.05, 3.63) is 12.2 Å². The van der Waals surface area contributed by atoms with E-state index in [1.807, 2.05) is 12.2 Å². The fourth-order valence-corrected chi connectivity index (χ4v) is 2.75. The third kappa shape index (κ3) is 6.78.